The molecule has 30 heavy (non-hydrogen) atoms. The molecule has 1 aliphatic rings. The van der Waals surface area contributed by atoms with Crippen LogP contribution in [0.5, 0.6) is 0 Å². The number of aryl methyl sites for hydroxylation is 1. The number of carbonyl (C=O) groups excluding carboxylic acids is 2. The summed E-state index contributed by atoms with van der Waals surface area (Å²) in [5, 5.41) is 5.78. The van der Waals surface area contributed by atoms with Crippen molar-refractivity contribution in [1.29, 1.82) is 0 Å². The van der Waals surface area contributed by atoms with Gasteiger partial charge in [0.25, 0.3) is 5.91 Å². The summed E-state index contributed by atoms with van der Waals surface area (Å²) in [6.45, 7) is 1.23. The molecule has 0 aliphatic carbocycles. The molecule has 0 spiro atoms. The van der Waals surface area contributed by atoms with Gasteiger partial charge in [-0.1, -0.05) is 54.6 Å². The molecule has 1 aliphatic heterocycles. The minimum atomic E-state index is -0.248. The largest absolute Gasteiger partial charge is 0.338 e. The Kier molecular flexibility index (Phi) is 6.09. The molecule has 0 saturated carbocycles. The maximum absolute atomic E-state index is 13.0. The lowest BCUT2D eigenvalue weighted by atomic mass is 10.00. The monoisotopic (exact) mass is 399 g/mol. The van der Waals surface area contributed by atoms with Crippen LogP contribution >= 0.6 is 0 Å². The van der Waals surface area contributed by atoms with Gasteiger partial charge in [0.1, 0.15) is 0 Å². The van der Waals surface area contributed by atoms with Crippen LogP contribution in [0, 0.1) is 0 Å². The van der Waals surface area contributed by atoms with E-state index in [1.165, 1.54) is 5.56 Å². The predicted octanol–water partition coefficient (Wildman–Crippen LogP) is 4.64. The lowest BCUT2D eigenvalue weighted by Gasteiger charge is -2.30. The standard InChI is InChI=1S/C25H25N3O2/c29-24(21-10-5-2-6-11-21)28-17-7-12-20-13-14-22(18-23(20)28)27-25(30)26-16-15-19-8-3-1-4-9-19/h1-6,8-11,13-14,18H,7,12,15-17H2,(H2,26,27,30). The highest BCUT2D eigenvalue weighted by molar-refractivity contribution is 6.07. The third-order valence-electron chi connectivity index (χ3n) is 5.27. The molecule has 0 bridgehead atoms. The number of fused-ring (bicyclic) bond motifs is 1. The Labute approximate surface area is 176 Å². The second-order valence-corrected chi connectivity index (χ2v) is 7.39. The lowest BCUT2D eigenvalue weighted by Crippen LogP contribution is -2.35. The first-order chi connectivity index (χ1) is 14.7. The van der Waals surface area contributed by atoms with Gasteiger partial charge in [-0.15, -0.1) is 0 Å². The van der Waals surface area contributed by atoms with Gasteiger partial charge >= 0.3 is 6.03 Å². The van der Waals surface area contributed by atoms with Gasteiger partial charge in [-0.05, 0) is 54.7 Å². The van der Waals surface area contributed by atoms with E-state index >= 15 is 0 Å². The number of carbonyl (C=O) groups is 2. The molecule has 0 radical (unpaired) electrons. The van der Waals surface area contributed by atoms with Crippen molar-refractivity contribution < 1.29 is 9.59 Å². The second-order valence-electron chi connectivity index (χ2n) is 7.39. The van der Waals surface area contributed by atoms with Crippen LogP contribution in [0.15, 0.2) is 78.9 Å². The Balaban J connectivity index is 1.42. The fraction of sp³-hybridized carbons (Fsp3) is 0.200. The number of nitrogens with zero attached hydrogens (tertiary/aromatic N) is 1. The number of rotatable bonds is 5. The van der Waals surface area contributed by atoms with E-state index in [-0.39, 0.29) is 11.9 Å². The summed E-state index contributed by atoms with van der Waals surface area (Å²) in [4.78, 5) is 27.1. The topological polar surface area (TPSA) is 61.4 Å². The van der Waals surface area contributed by atoms with Crippen LogP contribution in [0.3, 0.4) is 0 Å². The van der Waals surface area contributed by atoms with Crippen LogP contribution in [0.4, 0.5) is 16.2 Å². The molecule has 2 N–H and O–H groups in total. The SMILES string of the molecule is O=C(NCCc1ccccc1)Nc1ccc2c(c1)N(C(=O)c1ccccc1)CCC2. The van der Waals surface area contributed by atoms with Crippen molar-refractivity contribution in [3.63, 3.8) is 0 Å². The van der Waals surface area contributed by atoms with Gasteiger partial charge in [0, 0.05) is 30.0 Å². The van der Waals surface area contributed by atoms with E-state index in [2.05, 4.69) is 10.6 Å². The van der Waals surface area contributed by atoms with Crippen molar-refractivity contribution in [2.75, 3.05) is 23.3 Å². The fourth-order valence-electron chi connectivity index (χ4n) is 3.74. The molecule has 0 aromatic heterocycles. The van der Waals surface area contributed by atoms with Crippen LogP contribution in [-0.2, 0) is 12.8 Å². The number of hydrogen-bond donors (Lipinski definition) is 2. The van der Waals surface area contributed by atoms with E-state index in [0.717, 1.165) is 30.5 Å². The minimum absolute atomic E-state index is 0.0130. The van der Waals surface area contributed by atoms with Crippen LogP contribution in [0.1, 0.15) is 27.9 Å². The van der Waals surface area contributed by atoms with Gasteiger partial charge in [0.15, 0.2) is 0 Å². The van der Waals surface area contributed by atoms with Crippen molar-refractivity contribution in [1.82, 2.24) is 5.32 Å². The molecule has 5 heteroatoms. The summed E-state index contributed by atoms with van der Waals surface area (Å²) < 4.78 is 0. The maximum atomic E-state index is 13.0. The van der Waals surface area contributed by atoms with Gasteiger partial charge in [0.05, 0.1) is 0 Å². The normalized spacial score (nSPS) is 12.7. The number of nitrogens with one attached hydrogen (secondary N) is 2. The lowest BCUT2D eigenvalue weighted by molar-refractivity contribution is 0.0985. The van der Waals surface area contributed by atoms with E-state index in [1.807, 2.05) is 83.8 Å². The molecule has 0 atom stereocenters. The molecule has 4 rings (SSSR count). The number of hydrogen-bond acceptors (Lipinski definition) is 2. The average molecular weight is 399 g/mol. The van der Waals surface area contributed by atoms with E-state index in [0.29, 0.717) is 24.3 Å². The highest BCUT2D eigenvalue weighted by Gasteiger charge is 2.24. The Morgan fingerprint density at radius 2 is 1.63 bits per heavy atom. The van der Waals surface area contributed by atoms with Gasteiger partial charge in [-0.3, -0.25) is 4.79 Å². The first kappa shape index (κ1) is 19.7. The quantitative estimate of drug-likeness (QED) is 0.656. The predicted molar refractivity (Wildman–Crippen MR) is 120 cm³/mol. The number of urea groups is 1. The fourth-order valence-corrected chi connectivity index (χ4v) is 3.74. The third kappa shape index (κ3) is 4.69. The summed E-state index contributed by atoms with van der Waals surface area (Å²) in [5.41, 5.74) is 4.53. The van der Waals surface area contributed by atoms with Crippen LogP contribution in [0.25, 0.3) is 0 Å². The molecule has 3 amide bonds. The zero-order chi connectivity index (χ0) is 20.8. The molecule has 3 aromatic carbocycles. The number of benzene rings is 3. The summed E-state index contributed by atoms with van der Waals surface area (Å²) in [5.74, 6) is -0.0130. The Hall–Kier alpha value is -3.60. The van der Waals surface area contributed by atoms with Gasteiger partial charge < -0.3 is 15.5 Å². The van der Waals surface area contributed by atoms with Crippen molar-refractivity contribution >= 4 is 23.3 Å². The molecule has 3 aromatic rings. The Morgan fingerprint density at radius 1 is 0.900 bits per heavy atom. The molecular formula is C25H25N3O2. The van der Waals surface area contributed by atoms with Gasteiger partial charge in [0.2, 0.25) is 0 Å². The zero-order valence-corrected chi connectivity index (χ0v) is 16.8. The molecule has 0 fully saturated rings. The Morgan fingerprint density at radius 3 is 2.40 bits per heavy atom. The molecule has 1 heterocycles. The number of anilines is 2. The zero-order valence-electron chi connectivity index (χ0n) is 16.8. The summed E-state index contributed by atoms with van der Waals surface area (Å²) >= 11 is 0. The third-order valence-corrected chi connectivity index (χ3v) is 5.27. The molecule has 152 valence electrons. The smallest absolute Gasteiger partial charge is 0.319 e. The van der Waals surface area contributed by atoms with Crippen molar-refractivity contribution in [2.24, 2.45) is 0 Å². The summed E-state index contributed by atoms with van der Waals surface area (Å²) in [7, 11) is 0. The summed E-state index contributed by atoms with van der Waals surface area (Å²) in [6, 6.07) is 24.9. The Bertz CT molecular complexity index is 1020. The van der Waals surface area contributed by atoms with Crippen LogP contribution in [-0.4, -0.2) is 25.0 Å². The minimum Gasteiger partial charge on any atom is -0.338 e. The van der Waals surface area contributed by atoms with Gasteiger partial charge in [-0.25, -0.2) is 4.79 Å². The van der Waals surface area contributed by atoms with Gasteiger partial charge in [-0.2, -0.15) is 0 Å². The van der Waals surface area contributed by atoms with Crippen molar-refractivity contribution in [3.05, 3.63) is 95.6 Å². The molecular weight excluding hydrogens is 374 g/mol. The van der Waals surface area contributed by atoms with Crippen molar-refractivity contribution in [3.8, 4) is 0 Å². The van der Waals surface area contributed by atoms with Crippen LogP contribution < -0.4 is 15.5 Å². The average Bonchev–Trinajstić information content (AvgIpc) is 2.79. The molecule has 0 saturated heterocycles. The van der Waals surface area contributed by atoms with E-state index in [1.54, 1.807) is 0 Å². The summed E-state index contributed by atoms with van der Waals surface area (Å²) in [6.07, 6.45) is 2.63. The van der Waals surface area contributed by atoms with Crippen LogP contribution in [0.2, 0.25) is 0 Å². The van der Waals surface area contributed by atoms with E-state index in [4.69, 9.17) is 0 Å². The highest BCUT2D eigenvalue weighted by Crippen LogP contribution is 2.31. The molecule has 0 unspecified atom stereocenters. The second kappa shape index (κ2) is 9.27. The van der Waals surface area contributed by atoms with E-state index in [9.17, 15) is 9.59 Å². The molecule has 5 nitrogen and oxygen atoms in total. The van der Waals surface area contributed by atoms with Crippen molar-refractivity contribution in [2.45, 2.75) is 19.3 Å². The maximum Gasteiger partial charge on any atom is 0.319 e. The first-order valence-corrected chi connectivity index (χ1v) is 10.3. The highest BCUT2D eigenvalue weighted by atomic mass is 16.2. The van der Waals surface area contributed by atoms with E-state index < -0.39 is 0 Å². The number of amides is 3. The first-order valence-electron chi connectivity index (χ1n) is 10.3.